The van der Waals surface area contributed by atoms with Gasteiger partial charge >= 0.3 is 0 Å². The van der Waals surface area contributed by atoms with Gasteiger partial charge in [0, 0.05) is 29.2 Å². The van der Waals surface area contributed by atoms with Crippen LogP contribution < -0.4 is 0 Å². The quantitative estimate of drug-likeness (QED) is 0.484. The van der Waals surface area contributed by atoms with Crippen molar-refractivity contribution in [2.45, 2.75) is 13.0 Å². The van der Waals surface area contributed by atoms with Crippen LogP contribution in [0, 0.1) is 0 Å². The highest BCUT2D eigenvalue weighted by molar-refractivity contribution is 6.30. The predicted molar refractivity (Wildman–Crippen MR) is 117 cm³/mol. The zero-order chi connectivity index (χ0) is 20.5. The molecule has 2 heterocycles. The smallest absolute Gasteiger partial charge is 0.254 e. The second-order valence-corrected chi connectivity index (χ2v) is 7.77. The molecule has 1 amide bonds. The van der Waals surface area contributed by atoms with Crippen molar-refractivity contribution in [2.24, 2.45) is 0 Å². The van der Waals surface area contributed by atoms with Gasteiger partial charge in [-0.3, -0.25) is 4.79 Å². The van der Waals surface area contributed by atoms with Crippen LogP contribution in [0.1, 0.15) is 21.5 Å². The van der Waals surface area contributed by atoms with Crippen LogP contribution in [0.5, 0.6) is 0 Å². The van der Waals surface area contributed by atoms with E-state index in [0.29, 0.717) is 17.1 Å². The average Bonchev–Trinajstić information content (AvgIpc) is 3.29. The molecule has 0 N–H and O–H groups in total. The largest absolute Gasteiger partial charge is 0.334 e. The van der Waals surface area contributed by atoms with Gasteiger partial charge in [-0.05, 0) is 53.9 Å². The number of aromatic nitrogens is 3. The summed E-state index contributed by atoms with van der Waals surface area (Å²) in [7, 11) is 0. The Bertz CT molecular complexity index is 1200. The summed E-state index contributed by atoms with van der Waals surface area (Å²) in [4.78, 5) is 14.9. The van der Waals surface area contributed by atoms with Crippen LogP contribution >= 0.6 is 11.6 Å². The molecule has 148 valence electrons. The molecular weight excluding hydrogens is 396 g/mol. The molecule has 1 aromatic heterocycles. The van der Waals surface area contributed by atoms with Gasteiger partial charge in [0.05, 0.1) is 17.6 Å². The predicted octanol–water partition coefficient (Wildman–Crippen LogP) is 4.79. The Balaban J connectivity index is 1.37. The average molecular weight is 415 g/mol. The van der Waals surface area contributed by atoms with E-state index in [-0.39, 0.29) is 5.91 Å². The van der Waals surface area contributed by atoms with E-state index >= 15 is 0 Å². The number of nitrogens with zero attached hydrogens (tertiary/aromatic N) is 4. The van der Waals surface area contributed by atoms with Crippen molar-refractivity contribution >= 4 is 17.5 Å². The molecule has 0 saturated heterocycles. The van der Waals surface area contributed by atoms with E-state index in [1.165, 1.54) is 11.1 Å². The van der Waals surface area contributed by atoms with Crippen molar-refractivity contribution in [2.75, 3.05) is 6.54 Å². The molecule has 1 aliphatic rings. The molecule has 5 nitrogen and oxygen atoms in total. The van der Waals surface area contributed by atoms with Gasteiger partial charge in [-0.2, -0.15) is 0 Å². The summed E-state index contributed by atoms with van der Waals surface area (Å²) >= 11 is 5.99. The summed E-state index contributed by atoms with van der Waals surface area (Å²) in [5.74, 6) is 0.0487. The molecule has 0 atom stereocenters. The number of benzene rings is 3. The number of carbonyl (C=O) groups excluding carboxylic acids is 1. The third kappa shape index (κ3) is 3.48. The molecule has 0 spiro atoms. The maximum Gasteiger partial charge on any atom is 0.254 e. The van der Waals surface area contributed by atoms with E-state index in [0.717, 1.165) is 29.9 Å². The number of hydrogen-bond donors (Lipinski definition) is 0. The SMILES string of the molecule is O=C(c1ccc(-n2nncc2-c2ccc(Cl)cc2)cc1)N1CCc2ccccc2C1. The highest BCUT2D eigenvalue weighted by atomic mass is 35.5. The highest BCUT2D eigenvalue weighted by Crippen LogP contribution is 2.24. The Morgan fingerprint density at radius 2 is 1.63 bits per heavy atom. The van der Waals surface area contributed by atoms with Crippen molar-refractivity contribution in [1.29, 1.82) is 0 Å². The first kappa shape index (κ1) is 18.6. The van der Waals surface area contributed by atoms with E-state index in [2.05, 4.69) is 28.5 Å². The van der Waals surface area contributed by atoms with Crippen molar-refractivity contribution in [3.05, 3.63) is 101 Å². The fourth-order valence-electron chi connectivity index (χ4n) is 3.84. The summed E-state index contributed by atoms with van der Waals surface area (Å²) in [6.45, 7) is 1.39. The Hall–Kier alpha value is -3.44. The minimum absolute atomic E-state index is 0.0487. The van der Waals surface area contributed by atoms with Crippen LogP contribution in [0.25, 0.3) is 16.9 Å². The normalized spacial score (nSPS) is 13.2. The van der Waals surface area contributed by atoms with Gasteiger partial charge in [0.1, 0.15) is 0 Å². The maximum absolute atomic E-state index is 13.0. The third-order valence-electron chi connectivity index (χ3n) is 5.47. The Kier molecular flexibility index (Phi) is 4.81. The van der Waals surface area contributed by atoms with Gasteiger partial charge in [0.2, 0.25) is 0 Å². The number of fused-ring (bicyclic) bond motifs is 1. The first-order valence-electron chi connectivity index (χ1n) is 9.82. The molecule has 0 aliphatic carbocycles. The highest BCUT2D eigenvalue weighted by Gasteiger charge is 2.21. The number of amides is 1. The van der Waals surface area contributed by atoms with E-state index in [9.17, 15) is 4.79 Å². The van der Waals surface area contributed by atoms with Crippen LogP contribution in [-0.2, 0) is 13.0 Å². The maximum atomic E-state index is 13.0. The third-order valence-corrected chi connectivity index (χ3v) is 5.72. The van der Waals surface area contributed by atoms with E-state index in [1.54, 1.807) is 10.9 Å². The van der Waals surface area contributed by atoms with Crippen molar-refractivity contribution in [3.8, 4) is 16.9 Å². The molecule has 0 radical (unpaired) electrons. The van der Waals surface area contributed by atoms with Crippen LogP contribution in [0.3, 0.4) is 0 Å². The lowest BCUT2D eigenvalue weighted by Gasteiger charge is -2.29. The van der Waals surface area contributed by atoms with Crippen molar-refractivity contribution < 1.29 is 4.79 Å². The summed E-state index contributed by atoms with van der Waals surface area (Å²) in [6.07, 6.45) is 2.61. The minimum atomic E-state index is 0.0487. The second-order valence-electron chi connectivity index (χ2n) is 7.33. The topological polar surface area (TPSA) is 51.0 Å². The van der Waals surface area contributed by atoms with E-state index < -0.39 is 0 Å². The minimum Gasteiger partial charge on any atom is -0.334 e. The molecule has 4 aromatic rings. The van der Waals surface area contributed by atoms with Crippen molar-refractivity contribution in [3.63, 3.8) is 0 Å². The Morgan fingerprint density at radius 1 is 0.900 bits per heavy atom. The number of rotatable bonds is 3. The van der Waals surface area contributed by atoms with Gasteiger partial charge < -0.3 is 4.90 Å². The summed E-state index contributed by atoms with van der Waals surface area (Å²) in [5, 5.41) is 8.95. The summed E-state index contributed by atoms with van der Waals surface area (Å²) in [5.41, 5.74) is 5.90. The summed E-state index contributed by atoms with van der Waals surface area (Å²) < 4.78 is 1.76. The molecule has 30 heavy (non-hydrogen) atoms. The van der Waals surface area contributed by atoms with Crippen LogP contribution in [0.15, 0.2) is 79.0 Å². The molecule has 3 aromatic carbocycles. The van der Waals surface area contributed by atoms with E-state index in [1.807, 2.05) is 59.5 Å². The lowest BCUT2D eigenvalue weighted by atomic mass is 9.99. The molecule has 0 fully saturated rings. The van der Waals surface area contributed by atoms with Gasteiger partial charge in [-0.15, -0.1) is 5.10 Å². The molecule has 0 bridgehead atoms. The number of hydrogen-bond acceptors (Lipinski definition) is 3. The zero-order valence-electron chi connectivity index (χ0n) is 16.2. The lowest BCUT2D eigenvalue weighted by molar-refractivity contribution is 0.0734. The van der Waals surface area contributed by atoms with E-state index in [4.69, 9.17) is 11.6 Å². The molecule has 1 aliphatic heterocycles. The van der Waals surface area contributed by atoms with Gasteiger partial charge in [-0.1, -0.05) is 53.2 Å². The molecule has 5 rings (SSSR count). The number of halogens is 1. The van der Waals surface area contributed by atoms with Gasteiger partial charge in [-0.25, -0.2) is 4.68 Å². The lowest BCUT2D eigenvalue weighted by Crippen LogP contribution is -2.35. The fourth-order valence-corrected chi connectivity index (χ4v) is 3.97. The van der Waals surface area contributed by atoms with Crippen LogP contribution in [-0.4, -0.2) is 32.3 Å². The van der Waals surface area contributed by atoms with Gasteiger partial charge in [0.15, 0.2) is 0 Å². The first-order valence-corrected chi connectivity index (χ1v) is 10.2. The molecule has 6 heteroatoms. The first-order chi connectivity index (χ1) is 14.7. The second kappa shape index (κ2) is 7.76. The zero-order valence-corrected chi connectivity index (χ0v) is 17.0. The molecule has 0 saturated carbocycles. The summed E-state index contributed by atoms with van der Waals surface area (Å²) in [6, 6.07) is 23.4. The van der Waals surface area contributed by atoms with Gasteiger partial charge in [0.25, 0.3) is 5.91 Å². The number of carbonyl (C=O) groups is 1. The molecule has 0 unspecified atom stereocenters. The monoisotopic (exact) mass is 414 g/mol. The standard InChI is InChI=1S/C24H19ClN4O/c25-21-9-5-18(6-10-21)23-15-26-27-29(23)22-11-7-19(8-12-22)24(30)28-14-13-17-3-1-2-4-20(17)16-28/h1-12,15H,13-14,16H2. The van der Waals surface area contributed by atoms with Crippen LogP contribution in [0.4, 0.5) is 0 Å². The van der Waals surface area contributed by atoms with Crippen LogP contribution in [0.2, 0.25) is 5.02 Å². The Morgan fingerprint density at radius 3 is 2.40 bits per heavy atom. The van der Waals surface area contributed by atoms with Crippen molar-refractivity contribution in [1.82, 2.24) is 19.9 Å². The Labute approximate surface area is 179 Å². The molecular formula is C24H19ClN4O. The fraction of sp³-hybridized carbons (Fsp3) is 0.125.